The first-order valence-electron chi connectivity index (χ1n) is 6.44. The van der Waals surface area contributed by atoms with E-state index in [1.807, 2.05) is 25.1 Å². The first-order valence-corrected chi connectivity index (χ1v) is 6.44. The molecule has 1 aromatic rings. The van der Waals surface area contributed by atoms with Crippen molar-refractivity contribution in [1.29, 1.82) is 5.26 Å². The lowest BCUT2D eigenvalue weighted by molar-refractivity contribution is -0.00897. The predicted octanol–water partition coefficient (Wildman–Crippen LogP) is 2.47. The highest BCUT2D eigenvalue weighted by Crippen LogP contribution is 2.18. The maximum atomic E-state index is 9.03. The van der Waals surface area contributed by atoms with Gasteiger partial charge in [-0.05, 0) is 38.5 Å². The van der Waals surface area contributed by atoms with Gasteiger partial charge in [0.2, 0.25) is 0 Å². The molecule has 0 saturated heterocycles. The first-order chi connectivity index (χ1) is 9.02. The minimum Gasteiger partial charge on any atom is -0.495 e. The van der Waals surface area contributed by atoms with Crippen molar-refractivity contribution in [3.8, 4) is 11.8 Å². The third kappa shape index (κ3) is 4.90. The summed E-state index contributed by atoms with van der Waals surface area (Å²) in [4.78, 5) is 0. The standard InChI is InChI=1S/C15H22N2O2/c1-5-19-15(2,3)11-17-10-12-6-7-14(18-4)13(8-12)9-16/h6-8,17H,5,10-11H2,1-4H3. The van der Waals surface area contributed by atoms with Crippen LogP contribution in [-0.2, 0) is 11.3 Å². The highest BCUT2D eigenvalue weighted by atomic mass is 16.5. The van der Waals surface area contributed by atoms with E-state index in [9.17, 15) is 0 Å². The molecular weight excluding hydrogens is 240 g/mol. The summed E-state index contributed by atoms with van der Waals surface area (Å²) in [7, 11) is 1.57. The second-order valence-corrected chi connectivity index (χ2v) is 4.94. The van der Waals surface area contributed by atoms with Gasteiger partial charge in [0, 0.05) is 19.7 Å². The van der Waals surface area contributed by atoms with Crippen LogP contribution in [0.25, 0.3) is 0 Å². The van der Waals surface area contributed by atoms with Crippen molar-refractivity contribution in [3.05, 3.63) is 29.3 Å². The Morgan fingerprint density at radius 2 is 2.11 bits per heavy atom. The molecule has 0 bridgehead atoms. The number of ether oxygens (including phenoxy) is 2. The van der Waals surface area contributed by atoms with Gasteiger partial charge in [-0.25, -0.2) is 0 Å². The second kappa shape index (κ2) is 7.13. The number of rotatable bonds is 7. The van der Waals surface area contributed by atoms with E-state index in [1.54, 1.807) is 7.11 Å². The van der Waals surface area contributed by atoms with Gasteiger partial charge < -0.3 is 14.8 Å². The Balaban J connectivity index is 2.57. The van der Waals surface area contributed by atoms with Crippen molar-refractivity contribution in [2.24, 2.45) is 0 Å². The summed E-state index contributed by atoms with van der Waals surface area (Å²) in [6, 6.07) is 7.76. The van der Waals surface area contributed by atoms with Crippen LogP contribution in [-0.4, -0.2) is 25.9 Å². The van der Waals surface area contributed by atoms with Gasteiger partial charge in [-0.15, -0.1) is 0 Å². The van der Waals surface area contributed by atoms with E-state index >= 15 is 0 Å². The summed E-state index contributed by atoms with van der Waals surface area (Å²) < 4.78 is 10.7. The summed E-state index contributed by atoms with van der Waals surface area (Å²) in [5, 5.41) is 12.4. The molecule has 1 N–H and O–H groups in total. The van der Waals surface area contributed by atoms with Gasteiger partial charge in [-0.1, -0.05) is 6.07 Å². The Morgan fingerprint density at radius 1 is 1.37 bits per heavy atom. The van der Waals surface area contributed by atoms with E-state index in [0.717, 1.165) is 12.1 Å². The van der Waals surface area contributed by atoms with Gasteiger partial charge in [0.15, 0.2) is 0 Å². The number of methoxy groups -OCH3 is 1. The molecule has 0 heterocycles. The number of nitriles is 1. The second-order valence-electron chi connectivity index (χ2n) is 4.94. The van der Waals surface area contributed by atoms with Crippen LogP contribution in [0, 0.1) is 11.3 Å². The minimum absolute atomic E-state index is 0.181. The van der Waals surface area contributed by atoms with E-state index in [4.69, 9.17) is 14.7 Å². The lowest BCUT2D eigenvalue weighted by atomic mass is 10.1. The van der Waals surface area contributed by atoms with E-state index in [1.165, 1.54) is 0 Å². The highest BCUT2D eigenvalue weighted by Gasteiger charge is 2.16. The Bertz CT molecular complexity index is 450. The molecule has 0 spiro atoms. The van der Waals surface area contributed by atoms with Gasteiger partial charge in [-0.2, -0.15) is 5.26 Å². The van der Waals surface area contributed by atoms with Crippen LogP contribution < -0.4 is 10.1 Å². The molecule has 0 amide bonds. The SMILES string of the molecule is CCOC(C)(C)CNCc1ccc(OC)c(C#N)c1. The monoisotopic (exact) mass is 262 g/mol. The summed E-state index contributed by atoms with van der Waals surface area (Å²) in [5.74, 6) is 0.612. The number of nitrogens with zero attached hydrogens (tertiary/aromatic N) is 1. The maximum Gasteiger partial charge on any atom is 0.136 e. The molecule has 0 saturated carbocycles. The number of benzene rings is 1. The van der Waals surface area contributed by atoms with Gasteiger partial charge in [0.1, 0.15) is 11.8 Å². The molecule has 1 rings (SSSR count). The third-order valence-corrected chi connectivity index (χ3v) is 2.80. The van der Waals surface area contributed by atoms with Gasteiger partial charge >= 0.3 is 0 Å². The van der Waals surface area contributed by atoms with Crippen LogP contribution >= 0.6 is 0 Å². The van der Waals surface area contributed by atoms with Gasteiger partial charge in [0.05, 0.1) is 18.3 Å². The van der Waals surface area contributed by atoms with Gasteiger partial charge in [0.25, 0.3) is 0 Å². The summed E-state index contributed by atoms with van der Waals surface area (Å²) in [6.45, 7) is 8.26. The Kier molecular flexibility index (Phi) is 5.81. The van der Waals surface area contributed by atoms with Crippen molar-refractivity contribution >= 4 is 0 Å². The highest BCUT2D eigenvalue weighted by molar-refractivity contribution is 5.45. The zero-order valence-corrected chi connectivity index (χ0v) is 12.1. The van der Waals surface area contributed by atoms with Crippen LogP contribution in [0.5, 0.6) is 5.75 Å². The fourth-order valence-corrected chi connectivity index (χ4v) is 1.90. The summed E-state index contributed by atoms with van der Waals surface area (Å²) in [5.41, 5.74) is 1.44. The molecule has 4 heteroatoms. The molecule has 0 fully saturated rings. The molecule has 104 valence electrons. The molecule has 0 aliphatic carbocycles. The lowest BCUT2D eigenvalue weighted by Crippen LogP contribution is -2.37. The number of hydrogen-bond acceptors (Lipinski definition) is 4. The van der Waals surface area contributed by atoms with Crippen molar-refractivity contribution in [3.63, 3.8) is 0 Å². The third-order valence-electron chi connectivity index (χ3n) is 2.80. The van der Waals surface area contributed by atoms with Crippen LogP contribution in [0.3, 0.4) is 0 Å². The maximum absolute atomic E-state index is 9.03. The van der Waals surface area contributed by atoms with E-state index in [0.29, 0.717) is 24.5 Å². The quantitative estimate of drug-likeness (QED) is 0.820. The molecule has 4 nitrogen and oxygen atoms in total. The van der Waals surface area contributed by atoms with E-state index in [-0.39, 0.29) is 5.60 Å². The van der Waals surface area contributed by atoms with Gasteiger partial charge in [-0.3, -0.25) is 0 Å². The molecule has 0 aliphatic heterocycles. The van der Waals surface area contributed by atoms with Crippen LogP contribution in [0.1, 0.15) is 31.9 Å². The van der Waals surface area contributed by atoms with Crippen molar-refractivity contribution in [2.45, 2.75) is 32.9 Å². The number of nitrogens with one attached hydrogen (secondary N) is 1. The first kappa shape index (κ1) is 15.5. The zero-order valence-electron chi connectivity index (χ0n) is 12.1. The van der Waals surface area contributed by atoms with E-state index < -0.39 is 0 Å². The van der Waals surface area contributed by atoms with E-state index in [2.05, 4.69) is 25.2 Å². The molecule has 0 aliphatic rings. The van der Waals surface area contributed by atoms with Crippen LogP contribution in [0.2, 0.25) is 0 Å². The summed E-state index contributed by atoms with van der Waals surface area (Å²) in [6.07, 6.45) is 0. The number of hydrogen-bond donors (Lipinski definition) is 1. The Morgan fingerprint density at radius 3 is 2.68 bits per heavy atom. The van der Waals surface area contributed by atoms with Crippen molar-refractivity contribution < 1.29 is 9.47 Å². The zero-order chi connectivity index (χ0) is 14.3. The molecular formula is C15H22N2O2. The average molecular weight is 262 g/mol. The topological polar surface area (TPSA) is 54.3 Å². The molecule has 19 heavy (non-hydrogen) atoms. The van der Waals surface area contributed by atoms with Crippen LogP contribution in [0.4, 0.5) is 0 Å². The normalized spacial score (nSPS) is 11.1. The minimum atomic E-state index is -0.181. The molecule has 0 aromatic heterocycles. The Hall–Kier alpha value is -1.57. The average Bonchev–Trinajstić information content (AvgIpc) is 2.38. The fourth-order valence-electron chi connectivity index (χ4n) is 1.90. The molecule has 1 aromatic carbocycles. The molecule has 0 radical (unpaired) electrons. The molecule has 0 unspecified atom stereocenters. The smallest absolute Gasteiger partial charge is 0.136 e. The van der Waals surface area contributed by atoms with Crippen molar-refractivity contribution in [2.75, 3.05) is 20.3 Å². The predicted molar refractivity (Wildman–Crippen MR) is 75.1 cm³/mol. The largest absolute Gasteiger partial charge is 0.495 e. The van der Waals surface area contributed by atoms with Crippen LogP contribution in [0.15, 0.2) is 18.2 Å². The fraction of sp³-hybridized carbons (Fsp3) is 0.533. The lowest BCUT2D eigenvalue weighted by Gasteiger charge is -2.25. The Labute approximate surface area is 115 Å². The summed E-state index contributed by atoms with van der Waals surface area (Å²) >= 11 is 0. The van der Waals surface area contributed by atoms with Crippen molar-refractivity contribution in [1.82, 2.24) is 5.32 Å². The molecule has 0 atom stereocenters.